The normalized spacial score (nSPS) is 10.3. The predicted octanol–water partition coefficient (Wildman–Crippen LogP) is 3.10. The smallest absolute Gasteiger partial charge is 0.237 e. The summed E-state index contributed by atoms with van der Waals surface area (Å²) >= 11 is 0. The Balaban J connectivity index is 1.92. The van der Waals surface area contributed by atoms with Gasteiger partial charge in [0.15, 0.2) is 5.96 Å². The predicted molar refractivity (Wildman–Crippen MR) is 91.8 cm³/mol. The van der Waals surface area contributed by atoms with Gasteiger partial charge in [-0.05, 0) is 23.8 Å². The molecule has 0 atom stereocenters. The van der Waals surface area contributed by atoms with E-state index in [1.165, 1.54) is 10.5 Å². The highest BCUT2D eigenvalue weighted by atomic mass is 15.3. The molecule has 0 aliphatic carbocycles. The third-order valence-electron chi connectivity index (χ3n) is 3.38. The summed E-state index contributed by atoms with van der Waals surface area (Å²) in [6.07, 6.45) is 2.40. The van der Waals surface area contributed by atoms with Crippen molar-refractivity contribution in [1.82, 2.24) is 9.97 Å². The van der Waals surface area contributed by atoms with Crippen LogP contribution in [0.1, 0.15) is 11.3 Å². The molecule has 0 bridgehead atoms. The van der Waals surface area contributed by atoms with Crippen LogP contribution in [0.25, 0.3) is 0 Å². The summed E-state index contributed by atoms with van der Waals surface area (Å²) in [5.41, 5.74) is 8.54. The molecule has 0 spiro atoms. The van der Waals surface area contributed by atoms with Gasteiger partial charge in [0.2, 0.25) is 5.95 Å². The molecule has 0 aliphatic rings. The molecular weight excluding hydrogens is 286 g/mol. The molecule has 114 valence electrons. The molecule has 5 heteroatoms. The monoisotopic (exact) mass is 303 g/mol. The van der Waals surface area contributed by atoms with Crippen LogP contribution in [0.3, 0.4) is 0 Å². The number of guanidine groups is 1. The Morgan fingerprint density at radius 1 is 0.957 bits per heavy atom. The number of hydrogen-bond donors (Lipinski definition) is 2. The molecule has 5 nitrogen and oxygen atoms in total. The van der Waals surface area contributed by atoms with Gasteiger partial charge in [0.05, 0.1) is 11.4 Å². The molecule has 0 unspecified atom stereocenters. The van der Waals surface area contributed by atoms with Gasteiger partial charge in [-0.15, -0.1) is 0 Å². The van der Waals surface area contributed by atoms with E-state index >= 15 is 0 Å². The quantitative estimate of drug-likeness (QED) is 0.573. The van der Waals surface area contributed by atoms with Gasteiger partial charge in [-0.2, -0.15) is 0 Å². The fourth-order valence-corrected chi connectivity index (χ4v) is 2.34. The van der Waals surface area contributed by atoms with E-state index in [4.69, 9.17) is 11.1 Å². The molecule has 23 heavy (non-hydrogen) atoms. The first-order valence-corrected chi connectivity index (χ1v) is 7.29. The molecular formula is C18H17N5. The molecule has 3 N–H and O–H groups in total. The van der Waals surface area contributed by atoms with E-state index < -0.39 is 0 Å². The van der Waals surface area contributed by atoms with E-state index in [1.807, 2.05) is 54.6 Å². The largest absolute Gasteiger partial charge is 0.369 e. The molecule has 3 aromatic rings. The van der Waals surface area contributed by atoms with E-state index in [9.17, 15) is 0 Å². The zero-order valence-corrected chi connectivity index (χ0v) is 12.6. The van der Waals surface area contributed by atoms with Crippen LogP contribution in [0.2, 0.25) is 0 Å². The number of rotatable bonds is 4. The van der Waals surface area contributed by atoms with Gasteiger partial charge in [0.1, 0.15) is 0 Å². The molecule has 0 saturated heterocycles. The minimum atomic E-state index is -0.118. The van der Waals surface area contributed by atoms with E-state index in [0.29, 0.717) is 12.4 Å². The zero-order chi connectivity index (χ0) is 16.1. The van der Waals surface area contributed by atoms with Crippen molar-refractivity contribution in [2.75, 3.05) is 4.90 Å². The van der Waals surface area contributed by atoms with E-state index in [0.717, 1.165) is 11.4 Å². The minimum absolute atomic E-state index is 0.118. The third kappa shape index (κ3) is 3.52. The van der Waals surface area contributed by atoms with Gasteiger partial charge >= 0.3 is 0 Å². The van der Waals surface area contributed by atoms with Crippen molar-refractivity contribution in [3.63, 3.8) is 0 Å². The van der Waals surface area contributed by atoms with Gasteiger partial charge in [-0.25, -0.2) is 14.9 Å². The minimum Gasteiger partial charge on any atom is -0.369 e. The number of anilines is 2. The maximum Gasteiger partial charge on any atom is 0.237 e. The fraction of sp³-hybridized carbons (Fsp3) is 0.0556. The third-order valence-corrected chi connectivity index (χ3v) is 3.38. The highest BCUT2D eigenvalue weighted by molar-refractivity contribution is 5.98. The van der Waals surface area contributed by atoms with Gasteiger partial charge < -0.3 is 5.73 Å². The second-order valence-corrected chi connectivity index (χ2v) is 5.07. The zero-order valence-electron chi connectivity index (χ0n) is 12.6. The van der Waals surface area contributed by atoms with Crippen LogP contribution >= 0.6 is 0 Å². The number of hydrogen-bond acceptors (Lipinski definition) is 3. The van der Waals surface area contributed by atoms with E-state index in [-0.39, 0.29) is 5.96 Å². The number of nitrogens with one attached hydrogen (secondary N) is 1. The summed E-state index contributed by atoms with van der Waals surface area (Å²) < 4.78 is 0. The second kappa shape index (κ2) is 6.70. The number of aromatic nitrogens is 2. The average Bonchev–Trinajstić information content (AvgIpc) is 2.57. The van der Waals surface area contributed by atoms with Crippen LogP contribution < -0.4 is 10.6 Å². The number of para-hydroxylation sites is 1. The summed E-state index contributed by atoms with van der Waals surface area (Å²) in [5.74, 6) is 0.283. The lowest BCUT2D eigenvalue weighted by Gasteiger charge is -2.20. The summed E-state index contributed by atoms with van der Waals surface area (Å²) in [5, 5.41) is 7.84. The molecule has 0 radical (unpaired) electrons. The van der Waals surface area contributed by atoms with Crippen molar-refractivity contribution in [3.05, 3.63) is 84.2 Å². The Morgan fingerprint density at radius 2 is 1.61 bits per heavy atom. The average molecular weight is 303 g/mol. The first-order chi connectivity index (χ1) is 11.2. The van der Waals surface area contributed by atoms with Crippen LogP contribution in [0, 0.1) is 5.41 Å². The first kappa shape index (κ1) is 14.7. The standard InChI is InChI=1S/C18H17N5/c19-17(20)23(16-9-5-2-6-10-16)18-21-12-11-15(22-18)13-14-7-3-1-4-8-14/h1-12H,13H2,(H3,19,20). The van der Waals surface area contributed by atoms with E-state index in [2.05, 4.69) is 22.1 Å². The fourth-order valence-electron chi connectivity index (χ4n) is 2.34. The number of nitrogens with two attached hydrogens (primary N) is 1. The van der Waals surface area contributed by atoms with Crippen LogP contribution in [-0.4, -0.2) is 15.9 Å². The molecule has 1 heterocycles. The Morgan fingerprint density at radius 3 is 2.26 bits per heavy atom. The Kier molecular flexibility index (Phi) is 4.29. The van der Waals surface area contributed by atoms with Gasteiger partial charge in [-0.1, -0.05) is 48.5 Å². The lowest BCUT2D eigenvalue weighted by molar-refractivity contribution is 1.00. The van der Waals surface area contributed by atoms with Crippen molar-refractivity contribution >= 4 is 17.6 Å². The molecule has 3 rings (SSSR count). The van der Waals surface area contributed by atoms with Crippen LogP contribution in [0.4, 0.5) is 11.6 Å². The Bertz CT molecular complexity index is 787. The van der Waals surface area contributed by atoms with Crippen LogP contribution in [-0.2, 0) is 6.42 Å². The van der Waals surface area contributed by atoms with Gasteiger partial charge in [-0.3, -0.25) is 5.41 Å². The topological polar surface area (TPSA) is 78.9 Å². The summed E-state index contributed by atoms with van der Waals surface area (Å²) in [6, 6.07) is 21.4. The van der Waals surface area contributed by atoms with Gasteiger partial charge in [0, 0.05) is 12.6 Å². The number of nitrogens with zero attached hydrogens (tertiary/aromatic N) is 3. The van der Waals surface area contributed by atoms with Crippen molar-refractivity contribution in [1.29, 1.82) is 5.41 Å². The highest BCUT2D eigenvalue weighted by Gasteiger charge is 2.15. The van der Waals surface area contributed by atoms with Crippen molar-refractivity contribution in [2.24, 2.45) is 5.73 Å². The highest BCUT2D eigenvalue weighted by Crippen LogP contribution is 2.21. The summed E-state index contributed by atoms with van der Waals surface area (Å²) in [7, 11) is 0. The first-order valence-electron chi connectivity index (χ1n) is 7.29. The van der Waals surface area contributed by atoms with Crippen LogP contribution in [0.15, 0.2) is 72.9 Å². The number of benzene rings is 2. The molecule has 0 amide bonds. The molecule has 0 fully saturated rings. The Hall–Kier alpha value is -3.21. The second-order valence-electron chi connectivity index (χ2n) is 5.07. The maximum atomic E-state index is 7.84. The van der Waals surface area contributed by atoms with Crippen LogP contribution in [0.5, 0.6) is 0 Å². The lowest BCUT2D eigenvalue weighted by atomic mass is 10.1. The molecule has 0 saturated carbocycles. The summed E-state index contributed by atoms with van der Waals surface area (Å²) in [4.78, 5) is 10.4. The molecule has 1 aromatic heterocycles. The maximum absolute atomic E-state index is 7.84. The van der Waals surface area contributed by atoms with Gasteiger partial charge in [0.25, 0.3) is 0 Å². The van der Waals surface area contributed by atoms with Crippen molar-refractivity contribution in [2.45, 2.75) is 6.42 Å². The molecule has 2 aromatic carbocycles. The van der Waals surface area contributed by atoms with Crippen molar-refractivity contribution < 1.29 is 0 Å². The van der Waals surface area contributed by atoms with E-state index in [1.54, 1.807) is 6.20 Å². The van der Waals surface area contributed by atoms with Crippen molar-refractivity contribution in [3.8, 4) is 0 Å². The Labute approximate surface area is 134 Å². The lowest BCUT2D eigenvalue weighted by Crippen LogP contribution is -2.33. The molecule has 0 aliphatic heterocycles. The SMILES string of the molecule is N=C(N)N(c1ccccc1)c1nccc(Cc2ccccc2)n1. The summed E-state index contributed by atoms with van der Waals surface area (Å²) in [6.45, 7) is 0.